The molecule has 1 aromatic carbocycles. The van der Waals surface area contributed by atoms with Crippen LogP contribution in [0.15, 0.2) is 54.2 Å². The minimum atomic E-state index is -0.448. The van der Waals surface area contributed by atoms with Gasteiger partial charge in [0.05, 0.1) is 0 Å². The van der Waals surface area contributed by atoms with Crippen LogP contribution in [0.3, 0.4) is 0 Å². The fraction of sp³-hybridized carbons (Fsp3) is 0.111. The van der Waals surface area contributed by atoms with Gasteiger partial charge in [0.15, 0.2) is 5.78 Å². The van der Waals surface area contributed by atoms with E-state index in [1.807, 2.05) is 0 Å². The van der Waals surface area contributed by atoms with Crippen molar-refractivity contribution in [3.63, 3.8) is 0 Å². The van der Waals surface area contributed by atoms with E-state index in [1.54, 1.807) is 30.3 Å². The zero-order chi connectivity index (χ0) is 18.4. The van der Waals surface area contributed by atoms with Crippen LogP contribution in [0.4, 0.5) is 11.4 Å². The van der Waals surface area contributed by atoms with E-state index in [1.165, 1.54) is 32.2 Å². The SMILES string of the molecule is CC(=O)c1ccc(NC(=O)/C=C(\C)C(=O)Nc2ccnc(Cl)c2)cc1. The van der Waals surface area contributed by atoms with Crippen LogP contribution in [0.2, 0.25) is 5.15 Å². The van der Waals surface area contributed by atoms with Crippen molar-refractivity contribution >= 4 is 40.6 Å². The quantitative estimate of drug-likeness (QED) is 0.487. The summed E-state index contributed by atoms with van der Waals surface area (Å²) in [5.41, 5.74) is 1.80. The van der Waals surface area contributed by atoms with Gasteiger partial charge in [-0.1, -0.05) is 11.6 Å². The largest absolute Gasteiger partial charge is 0.323 e. The number of ketones is 1. The standard InChI is InChI=1S/C18H16ClN3O3/c1-11(18(25)22-15-7-8-20-16(19)10-15)9-17(24)21-14-5-3-13(4-6-14)12(2)23/h3-10H,1-2H3,(H,21,24)(H,20,22,25)/b11-9+. The predicted molar refractivity (Wildman–Crippen MR) is 96.7 cm³/mol. The van der Waals surface area contributed by atoms with Gasteiger partial charge < -0.3 is 10.6 Å². The number of Topliss-reactive ketones (excluding diaryl/α,β-unsaturated/α-hetero) is 1. The van der Waals surface area contributed by atoms with Crippen molar-refractivity contribution in [3.05, 3.63) is 65.0 Å². The lowest BCUT2D eigenvalue weighted by atomic mass is 10.1. The normalized spacial score (nSPS) is 10.9. The van der Waals surface area contributed by atoms with Gasteiger partial charge >= 0.3 is 0 Å². The van der Waals surface area contributed by atoms with E-state index in [-0.39, 0.29) is 16.5 Å². The average Bonchev–Trinajstić information content (AvgIpc) is 2.55. The molecule has 2 N–H and O–H groups in total. The number of nitrogens with zero attached hydrogens (tertiary/aromatic N) is 1. The third kappa shape index (κ3) is 5.54. The second-order valence-electron chi connectivity index (χ2n) is 5.27. The number of aromatic nitrogens is 1. The number of nitrogens with one attached hydrogen (secondary N) is 2. The fourth-order valence-corrected chi connectivity index (χ4v) is 2.11. The maximum Gasteiger partial charge on any atom is 0.251 e. The maximum atomic E-state index is 12.1. The predicted octanol–water partition coefficient (Wildman–Crippen LogP) is 3.46. The average molecular weight is 358 g/mol. The molecule has 0 saturated carbocycles. The number of benzene rings is 1. The highest BCUT2D eigenvalue weighted by Gasteiger charge is 2.08. The highest BCUT2D eigenvalue weighted by molar-refractivity contribution is 6.29. The first-order valence-electron chi connectivity index (χ1n) is 7.38. The van der Waals surface area contributed by atoms with Crippen LogP contribution in [-0.2, 0) is 9.59 Å². The van der Waals surface area contributed by atoms with Crippen molar-refractivity contribution < 1.29 is 14.4 Å². The third-order valence-electron chi connectivity index (χ3n) is 3.25. The third-order valence-corrected chi connectivity index (χ3v) is 3.46. The molecule has 2 amide bonds. The lowest BCUT2D eigenvalue weighted by molar-refractivity contribution is -0.114. The summed E-state index contributed by atoms with van der Waals surface area (Å²) in [6, 6.07) is 9.58. The molecule has 0 aliphatic heterocycles. The second-order valence-corrected chi connectivity index (χ2v) is 5.66. The highest BCUT2D eigenvalue weighted by Crippen LogP contribution is 2.13. The molecule has 0 unspecified atom stereocenters. The smallest absolute Gasteiger partial charge is 0.251 e. The van der Waals surface area contributed by atoms with Gasteiger partial charge in [-0.15, -0.1) is 0 Å². The topological polar surface area (TPSA) is 88.2 Å². The minimum Gasteiger partial charge on any atom is -0.323 e. The first kappa shape index (κ1) is 18.4. The monoisotopic (exact) mass is 357 g/mol. The summed E-state index contributed by atoms with van der Waals surface area (Å²) in [6.45, 7) is 2.99. The van der Waals surface area contributed by atoms with Crippen LogP contribution < -0.4 is 10.6 Å². The summed E-state index contributed by atoms with van der Waals surface area (Å²) >= 11 is 5.75. The number of amides is 2. The zero-order valence-electron chi connectivity index (χ0n) is 13.7. The van der Waals surface area contributed by atoms with Gasteiger partial charge in [0.1, 0.15) is 5.15 Å². The molecule has 0 aliphatic rings. The molecule has 0 saturated heterocycles. The molecule has 1 heterocycles. The minimum absolute atomic E-state index is 0.0542. The van der Waals surface area contributed by atoms with E-state index in [9.17, 15) is 14.4 Å². The molecule has 0 fully saturated rings. The maximum absolute atomic E-state index is 12.1. The van der Waals surface area contributed by atoms with Gasteiger partial charge in [0, 0.05) is 34.8 Å². The van der Waals surface area contributed by atoms with Crippen LogP contribution in [0.5, 0.6) is 0 Å². The molecule has 6 nitrogen and oxygen atoms in total. The lowest BCUT2D eigenvalue weighted by Crippen LogP contribution is -2.16. The van der Waals surface area contributed by atoms with Gasteiger partial charge in [-0.3, -0.25) is 14.4 Å². The molecule has 0 radical (unpaired) electrons. The first-order valence-corrected chi connectivity index (χ1v) is 7.76. The van der Waals surface area contributed by atoms with Gasteiger partial charge in [-0.2, -0.15) is 0 Å². The number of rotatable bonds is 5. The van der Waals surface area contributed by atoms with E-state index < -0.39 is 11.8 Å². The Bertz CT molecular complexity index is 845. The molecule has 0 atom stereocenters. The number of carbonyl (C=O) groups excluding carboxylic acids is 3. The molecule has 0 aliphatic carbocycles. The molecule has 2 rings (SSSR count). The zero-order valence-corrected chi connectivity index (χ0v) is 14.4. The molecule has 2 aromatic rings. The lowest BCUT2D eigenvalue weighted by Gasteiger charge is -2.06. The molecule has 7 heteroatoms. The van der Waals surface area contributed by atoms with Gasteiger partial charge in [0.2, 0.25) is 5.91 Å². The number of hydrogen-bond donors (Lipinski definition) is 2. The summed E-state index contributed by atoms with van der Waals surface area (Å²) in [7, 11) is 0. The first-order chi connectivity index (χ1) is 11.8. The van der Waals surface area contributed by atoms with Crippen LogP contribution in [0.25, 0.3) is 0 Å². The van der Waals surface area contributed by atoms with Crippen LogP contribution in [0.1, 0.15) is 24.2 Å². The Balaban J connectivity index is 1.99. The van der Waals surface area contributed by atoms with Gasteiger partial charge in [-0.25, -0.2) is 4.98 Å². The summed E-state index contributed by atoms with van der Waals surface area (Å²) in [5, 5.41) is 5.51. The molecular weight excluding hydrogens is 342 g/mol. The Hall–Kier alpha value is -2.99. The molecule has 0 bridgehead atoms. The van der Waals surface area contributed by atoms with E-state index in [0.29, 0.717) is 16.9 Å². The summed E-state index contributed by atoms with van der Waals surface area (Å²) in [6.07, 6.45) is 2.66. The van der Waals surface area contributed by atoms with E-state index >= 15 is 0 Å². The summed E-state index contributed by atoms with van der Waals surface area (Å²) in [4.78, 5) is 39.1. The van der Waals surface area contributed by atoms with Crippen molar-refractivity contribution in [3.8, 4) is 0 Å². The van der Waals surface area contributed by atoms with E-state index in [4.69, 9.17) is 11.6 Å². The molecule has 25 heavy (non-hydrogen) atoms. The fourth-order valence-electron chi connectivity index (χ4n) is 1.94. The van der Waals surface area contributed by atoms with Crippen LogP contribution in [0, 0.1) is 0 Å². The Kier molecular flexibility index (Phi) is 6.03. The molecule has 0 spiro atoms. The number of hydrogen-bond acceptors (Lipinski definition) is 4. The Morgan fingerprint density at radius 2 is 1.68 bits per heavy atom. The number of carbonyl (C=O) groups is 3. The Labute approximate surface area is 149 Å². The number of anilines is 2. The van der Waals surface area contributed by atoms with Gasteiger partial charge in [0.25, 0.3) is 5.91 Å². The number of pyridine rings is 1. The van der Waals surface area contributed by atoms with Crippen molar-refractivity contribution in [1.82, 2.24) is 4.98 Å². The second kappa shape index (κ2) is 8.21. The Morgan fingerprint density at radius 1 is 1.00 bits per heavy atom. The van der Waals surface area contributed by atoms with Crippen molar-refractivity contribution in [2.24, 2.45) is 0 Å². The molecule has 128 valence electrons. The molecular formula is C18H16ClN3O3. The van der Waals surface area contributed by atoms with Gasteiger partial charge in [-0.05, 0) is 50.2 Å². The summed E-state index contributed by atoms with van der Waals surface area (Å²) in [5.74, 6) is -0.929. The van der Waals surface area contributed by atoms with Crippen molar-refractivity contribution in [2.75, 3.05) is 10.6 Å². The van der Waals surface area contributed by atoms with Crippen molar-refractivity contribution in [2.45, 2.75) is 13.8 Å². The number of halogens is 1. The van der Waals surface area contributed by atoms with Crippen LogP contribution >= 0.6 is 11.6 Å². The Morgan fingerprint density at radius 3 is 2.28 bits per heavy atom. The highest BCUT2D eigenvalue weighted by atomic mass is 35.5. The van der Waals surface area contributed by atoms with E-state index in [2.05, 4.69) is 15.6 Å². The summed E-state index contributed by atoms with van der Waals surface area (Å²) < 4.78 is 0. The molecule has 1 aromatic heterocycles. The van der Waals surface area contributed by atoms with Crippen molar-refractivity contribution in [1.29, 1.82) is 0 Å². The van der Waals surface area contributed by atoms with E-state index in [0.717, 1.165) is 0 Å². The van der Waals surface area contributed by atoms with Crippen LogP contribution in [-0.4, -0.2) is 22.6 Å².